The zero-order valence-corrected chi connectivity index (χ0v) is 16.8. The molecule has 1 fully saturated rings. The molecular weight excluding hydrogens is 326 g/mol. The van der Waals surface area contributed by atoms with Crippen molar-refractivity contribution in [1.29, 1.82) is 0 Å². The van der Waals surface area contributed by atoms with E-state index in [9.17, 15) is 5.11 Å². The van der Waals surface area contributed by atoms with E-state index < -0.39 is 5.54 Å². The SMILES string of the molecule is CCC(N)(CO)CCc1ccc(/C=C/CCCCC2CCCCC2)s1. The molecule has 3 N–H and O–H groups in total. The molecule has 2 rings (SSSR count). The summed E-state index contributed by atoms with van der Waals surface area (Å²) in [6.07, 6.45) is 20.0. The zero-order valence-electron chi connectivity index (χ0n) is 16.0. The quantitative estimate of drug-likeness (QED) is 0.478. The summed E-state index contributed by atoms with van der Waals surface area (Å²) in [6, 6.07) is 4.42. The number of thiophene rings is 1. The number of rotatable bonds is 11. The molecule has 2 nitrogen and oxygen atoms in total. The van der Waals surface area contributed by atoms with E-state index in [1.165, 1.54) is 67.5 Å². The lowest BCUT2D eigenvalue weighted by molar-refractivity contribution is 0.183. The lowest BCUT2D eigenvalue weighted by Gasteiger charge is -2.25. The fourth-order valence-electron chi connectivity index (χ4n) is 3.73. The van der Waals surface area contributed by atoms with Gasteiger partial charge < -0.3 is 10.8 Å². The smallest absolute Gasteiger partial charge is 0.0611 e. The van der Waals surface area contributed by atoms with Crippen LogP contribution in [-0.2, 0) is 6.42 Å². The van der Waals surface area contributed by atoms with Crippen LogP contribution in [0.5, 0.6) is 0 Å². The van der Waals surface area contributed by atoms with E-state index in [-0.39, 0.29) is 6.61 Å². The molecule has 25 heavy (non-hydrogen) atoms. The Hall–Kier alpha value is -0.640. The molecule has 1 aromatic heterocycles. The minimum absolute atomic E-state index is 0.0719. The second-order valence-corrected chi connectivity index (χ2v) is 9.07. The van der Waals surface area contributed by atoms with Gasteiger partial charge in [-0.2, -0.15) is 0 Å². The third-order valence-electron chi connectivity index (χ3n) is 5.81. The fraction of sp³-hybridized carbons (Fsp3) is 0.727. The van der Waals surface area contributed by atoms with Crippen molar-refractivity contribution in [2.75, 3.05) is 6.61 Å². The van der Waals surface area contributed by atoms with Crippen molar-refractivity contribution in [2.45, 2.75) is 89.5 Å². The number of aryl methyl sites for hydroxylation is 1. The van der Waals surface area contributed by atoms with Crippen molar-refractivity contribution in [3.05, 3.63) is 28.0 Å². The van der Waals surface area contributed by atoms with Crippen LogP contribution >= 0.6 is 11.3 Å². The van der Waals surface area contributed by atoms with Gasteiger partial charge in [0.05, 0.1) is 6.61 Å². The number of hydrogen-bond acceptors (Lipinski definition) is 3. The van der Waals surface area contributed by atoms with Gasteiger partial charge in [-0.05, 0) is 56.2 Å². The average Bonchev–Trinajstić information content (AvgIpc) is 3.11. The maximum Gasteiger partial charge on any atom is 0.0611 e. The van der Waals surface area contributed by atoms with Gasteiger partial charge in [0.15, 0.2) is 0 Å². The highest BCUT2D eigenvalue weighted by Crippen LogP contribution is 2.28. The zero-order chi connectivity index (χ0) is 18.0. The number of aliphatic hydroxyl groups excluding tert-OH is 1. The summed E-state index contributed by atoms with van der Waals surface area (Å²) in [5, 5.41) is 9.41. The largest absolute Gasteiger partial charge is 0.394 e. The maximum atomic E-state index is 9.41. The van der Waals surface area contributed by atoms with Crippen LogP contribution in [-0.4, -0.2) is 17.3 Å². The third kappa shape index (κ3) is 7.64. The summed E-state index contributed by atoms with van der Waals surface area (Å²) < 4.78 is 0. The van der Waals surface area contributed by atoms with E-state index >= 15 is 0 Å². The molecule has 0 aromatic carbocycles. The molecular formula is C22H37NOS. The van der Waals surface area contributed by atoms with Gasteiger partial charge in [0, 0.05) is 15.3 Å². The molecule has 0 amide bonds. The van der Waals surface area contributed by atoms with Crippen LogP contribution in [0.3, 0.4) is 0 Å². The summed E-state index contributed by atoms with van der Waals surface area (Å²) in [5.41, 5.74) is 5.75. The van der Waals surface area contributed by atoms with Gasteiger partial charge in [-0.3, -0.25) is 0 Å². The lowest BCUT2D eigenvalue weighted by atomic mass is 9.85. The standard InChI is InChI=1S/C22H37NOS/c1-2-22(23,18-24)17-16-21-15-14-20(25-21)13-9-4-3-6-10-19-11-7-5-8-12-19/h9,13-15,19,24H,2-8,10-12,16-18,23H2,1H3/b13-9+. The van der Waals surface area contributed by atoms with Gasteiger partial charge in [-0.25, -0.2) is 0 Å². The van der Waals surface area contributed by atoms with Gasteiger partial charge in [0.25, 0.3) is 0 Å². The van der Waals surface area contributed by atoms with Crippen LogP contribution in [0.4, 0.5) is 0 Å². The van der Waals surface area contributed by atoms with Gasteiger partial charge in [0.1, 0.15) is 0 Å². The predicted octanol–water partition coefficient (Wildman–Crippen LogP) is 5.93. The van der Waals surface area contributed by atoms with E-state index in [0.717, 1.165) is 25.2 Å². The van der Waals surface area contributed by atoms with Crippen LogP contribution in [0.2, 0.25) is 0 Å². The van der Waals surface area contributed by atoms with Crippen LogP contribution in [0.1, 0.15) is 87.3 Å². The highest BCUT2D eigenvalue weighted by atomic mass is 32.1. The summed E-state index contributed by atoms with van der Waals surface area (Å²) in [7, 11) is 0. The highest BCUT2D eigenvalue weighted by molar-refractivity contribution is 7.12. The number of unbranched alkanes of at least 4 members (excludes halogenated alkanes) is 2. The minimum atomic E-state index is -0.418. The second-order valence-electron chi connectivity index (χ2n) is 7.87. The summed E-state index contributed by atoms with van der Waals surface area (Å²) in [6.45, 7) is 2.12. The lowest BCUT2D eigenvalue weighted by Crippen LogP contribution is -2.43. The van der Waals surface area contributed by atoms with E-state index in [1.54, 1.807) is 0 Å². The molecule has 1 aromatic rings. The minimum Gasteiger partial charge on any atom is -0.394 e. The molecule has 1 heterocycles. The van der Waals surface area contributed by atoms with Crippen molar-refractivity contribution >= 4 is 17.4 Å². The Kier molecular flexibility index (Phi) is 9.22. The van der Waals surface area contributed by atoms with E-state index in [1.807, 2.05) is 18.3 Å². The molecule has 0 spiro atoms. The number of allylic oxidation sites excluding steroid dienone is 1. The molecule has 0 saturated heterocycles. The van der Waals surface area contributed by atoms with Crippen molar-refractivity contribution in [2.24, 2.45) is 11.7 Å². The fourth-order valence-corrected chi connectivity index (χ4v) is 4.67. The number of aliphatic hydroxyl groups is 1. The molecule has 1 atom stereocenters. The molecule has 1 saturated carbocycles. The van der Waals surface area contributed by atoms with Crippen molar-refractivity contribution in [3.63, 3.8) is 0 Å². The Morgan fingerprint density at radius 3 is 2.76 bits per heavy atom. The molecule has 1 aliphatic rings. The Morgan fingerprint density at radius 1 is 1.24 bits per heavy atom. The van der Waals surface area contributed by atoms with Gasteiger partial charge in [-0.15, -0.1) is 11.3 Å². The molecule has 1 unspecified atom stereocenters. The van der Waals surface area contributed by atoms with Crippen molar-refractivity contribution < 1.29 is 5.11 Å². The normalized spacial score (nSPS) is 18.7. The monoisotopic (exact) mass is 363 g/mol. The van der Waals surface area contributed by atoms with Gasteiger partial charge in [-0.1, -0.05) is 57.9 Å². The average molecular weight is 364 g/mol. The summed E-state index contributed by atoms with van der Waals surface area (Å²) in [4.78, 5) is 2.71. The van der Waals surface area contributed by atoms with E-state index in [2.05, 4.69) is 24.3 Å². The topological polar surface area (TPSA) is 46.2 Å². The number of nitrogens with two attached hydrogens (primary N) is 1. The van der Waals surface area contributed by atoms with E-state index in [4.69, 9.17) is 5.73 Å². The number of hydrogen-bond donors (Lipinski definition) is 2. The molecule has 0 bridgehead atoms. The Balaban J connectivity index is 1.62. The van der Waals surface area contributed by atoms with Crippen molar-refractivity contribution in [3.8, 4) is 0 Å². The second kappa shape index (κ2) is 11.2. The molecule has 0 aliphatic heterocycles. The first-order valence-corrected chi connectivity index (χ1v) is 11.1. The van der Waals surface area contributed by atoms with Gasteiger partial charge in [0.2, 0.25) is 0 Å². The molecule has 1 aliphatic carbocycles. The highest BCUT2D eigenvalue weighted by Gasteiger charge is 2.21. The van der Waals surface area contributed by atoms with Gasteiger partial charge >= 0.3 is 0 Å². The summed E-state index contributed by atoms with van der Waals surface area (Å²) in [5.74, 6) is 1.02. The Bertz CT molecular complexity index is 498. The van der Waals surface area contributed by atoms with Crippen LogP contribution < -0.4 is 5.73 Å². The van der Waals surface area contributed by atoms with E-state index in [0.29, 0.717) is 0 Å². The first kappa shape index (κ1) is 20.7. The van der Waals surface area contributed by atoms with Crippen LogP contribution in [0.15, 0.2) is 18.2 Å². The Labute approximate surface area is 158 Å². The molecule has 0 radical (unpaired) electrons. The first-order chi connectivity index (χ1) is 12.1. The predicted molar refractivity (Wildman–Crippen MR) is 111 cm³/mol. The van der Waals surface area contributed by atoms with Crippen molar-refractivity contribution in [1.82, 2.24) is 0 Å². The maximum absolute atomic E-state index is 9.41. The van der Waals surface area contributed by atoms with Crippen LogP contribution in [0, 0.1) is 5.92 Å². The summed E-state index contributed by atoms with van der Waals surface area (Å²) >= 11 is 1.86. The molecule has 3 heteroatoms. The first-order valence-electron chi connectivity index (χ1n) is 10.3. The van der Waals surface area contributed by atoms with Crippen LogP contribution in [0.25, 0.3) is 6.08 Å². The third-order valence-corrected chi connectivity index (χ3v) is 6.92. The Morgan fingerprint density at radius 2 is 2.04 bits per heavy atom. The molecule has 142 valence electrons.